The molecule has 0 radical (unpaired) electrons. The Morgan fingerprint density at radius 2 is 1.95 bits per heavy atom. The highest BCUT2D eigenvalue weighted by atomic mass is 35.5. The van der Waals surface area contributed by atoms with Crippen molar-refractivity contribution in [3.8, 4) is 0 Å². The predicted molar refractivity (Wildman–Crippen MR) is 87.0 cm³/mol. The van der Waals surface area contributed by atoms with Crippen molar-refractivity contribution in [2.75, 3.05) is 11.9 Å². The van der Waals surface area contributed by atoms with Crippen molar-refractivity contribution in [1.82, 2.24) is 9.88 Å². The number of anilines is 1. The summed E-state index contributed by atoms with van der Waals surface area (Å²) in [7, 11) is 0. The number of nitrogens with zero attached hydrogens (tertiary/aromatic N) is 2. The first-order valence-electron chi connectivity index (χ1n) is 6.54. The molecule has 2 rings (SSSR count). The van der Waals surface area contributed by atoms with E-state index in [1.165, 1.54) is 12.8 Å². The fourth-order valence-electron chi connectivity index (χ4n) is 2.51. The number of halogens is 2. The summed E-state index contributed by atoms with van der Waals surface area (Å²) in [5, 5.41) is 2.86. The zero-order valence-electron chi connectivity index (χ0n) is 12.1. The highest BCUT2D eigenvalue weighted by Gasteiger charge is 2.28. The van der Waals surface area contributed by atoms with E-state index in [9.17, 15) is 4.79 Å². The van der Waals surface area contributed by atoms with E-state index in [2.05, 4.69) is 29.0 Å². The zero-order chi connectivity index (χ0) is 13.1. The van der Waals surface area contributed by atoms with Crippen LogP contribution in [0.25, 0.3) is 0 Å². The Bertz CT molecular complexity index is 432. The van der Waals surface area contributed by atoms with Crippen molar-refractivity contribution in [1.29, 1.82) is 0 Å². The molecule has 2 heterocycles. The quantitative estimate of drug-likeness (QED) is 0.931. The van der Waals surface area contributed by atoms with Gasteiger partial charge in [0.2, 0.25) is 5.91 Å². The molecule has 0 aromatic carbocycles. The van der Waals surface area contributed by atoms with Gasteiger partial charge in [0.15, 0.2) is 0 Å². The summed E-state index contributed by atoms with van der Waals surface area (Å²) in [4.78, 5) is 18.4. The summed E-state index contributed by atoms with van der Waals surface area (Å²) >= 11 is 0. The molecule has 1 aliphatic rings. The number of rotatable bonds is 3. The Morgan fingerprint density at radius 1 is 1.35 bits per heavy atom. The Morgan fingerprint density at radius 3 is 2.50 bits per heavy atom. The lowest BCUT2D eigenvalue weighted by Gasteiger charge is -2.24. The predicted octanol–water partition coefficient (Wildman–Crippen LogP) is 3.04. The maximum atomic E-state index is 12.0. The minimum atomic E-state index is 0. The average molecular weight is 320 g/mol. The van der Waals surface area contributed by atoms with Gasteiger partial charge in [-0.1, -0.05) is 0 Å². The molecule has 1 N–H and O–H groups in total. The van der Waals surface area contributed by atoms with Gasteiger partial charge in [0.25, 0.3) is 0 Å². The average Bonchev–Trinajstić information content (AvgIpc) is 2.61. The highest BCUT2D eigenvalue weighted by Crippen LogP contribution is 2.22. The number of pyridine rings is 1. The lowest BCUT2D eigenvalue weighted by molar-refractivity contribution is -0.117. The molecule has 0 bridgehead atoms. The van der Waals surface area contributed by atoms with Crippen LogP contribution in [0.2, 0.25) is 0 Å². The Balaban J connectivity index is 0.00000180. The molecule has 0 saturated carbocycles. The van der Waals surface area contributed by atoms with Crippen LogP contribution in [0.5, 0.6) is 0 Å². The smallest absolute Gasteiger partial charge is 0.239 e. The molecule has 6 heteroatoms. The summed E-state index contributed by atoms with van der Waals surface area (Å²) in [6.07, 6.45) is 4.07. The number of amides is 1. The third-order valence-electron chi connectivity index (χ3n) is 3.64. The molecular weight excluding hydrogens is 297 g/mol. The van der Waals surface area contributed by atoms with Crippen LogP contribution in [-0.4, -0.2) is 34.4 Å². The minimum Gasteiger partial charge on any atom is -0.310 e. The molecule has 20 heavy (non-hydrogen) atoms. The molecular formula is C14H23Cl2N3O. The molecule has 4 nitrogen and oxygen atoms in total. The van der Waals surface area contributed by atoms with Gasteiger partial charge < -0.3 is 5.32 Å². The second-order valence-electron chi connectivity index (χ2n) is 5.21. The van der Waals surface area contributed by atoms with Crippen LogP contribution in [0.1, 0.15) is 32.3 Å². The van der Waals surface area contributed by atoms with E-state index in [1.54, 1.807) is 6.20 Å². The third kappa shape index (κ3) is 4.93. The summed E-state index contributed by atoms with van der Waals surface area (Å²) < 4.78 is 0. The Kier molecular flexibility index (Phi) is 8.09. The maximum Gasteiger partial charge on any atom is 0.239 e. The first-order valence-corrected chi connectivity index (χ1v) is 6.54. The first-order chi connectivity index (χ1) is 8.56. The number of hydrogen-bond donors (Lipinski definition) is 1. The van der Waals surface area contributed by atoms with E-state index in [-0.39, 0.29) is 30.7 Å². The van der Waals surface area contributed by atoms with Gasteiger partial charge in [0.05, 0.1) is 6.54 Å². The Hall–Kier alpha value is -0.840. The molecule has 1 amide bonds. The van der Waals surface area contributed by atoms with Crippen molar-refractivity contribution in [2.24, 2.45) is 0 Å². The second-order valence-corrected chi connectivity index (χ2v) is 5.21. The number of aromatic nitrogens is 1. The molecule has 0 spiro atoms. The van der Waals surface area contributed by atoms with Crippen LogP contribution in [0.4, 0.5) is 5.82 Å². The second kappa shape index (κ2) is 8.45. The topological polar surface area (TPSA) is 45.2 Å². The van der Waals surface area contributed by atoms with E-state index in [4.69, 9.17) is 0 Å². The number of aryl methyl sites for hydroxylation is 1. The van der Waals surface area contributed by atoms with Crippen LogP contribution >= 0.6 is 24.8 Å². The fraction of sp³-hybridized carbons (Fsp3) is 0.571. The standard InChI is InChI=1S/C14H21N3O.2ClH/c1-10-6-7-15-13(8-10)16-14(18)9-17-11(2)4-5-12(17)3;;/h6-8,11-12H,4-5,9H2,1-3H3,(H,15,16,18);2*1H. The molecule has 2 atom stereocenters. The molecule has 2 unspecified atom stereocenters. The third-order valence-corrected chi connectivity index (χ3v) is 3.64. The molecule has 1 fully saturated rings. The first kappa shape index (κ1) is 19.2. The number of hydrogen-bond acceptors (Lipinski definition) is 3. The molecule has 1 aromatic rings. The van der Waals surface area contributed by atoms with Gasteiger partial charge in [-0.15, -0.1) is 24.8 Å². The monoisotopic (exact) mass is 319 g/mol. The van der Waals surface area contributed by atoms with Crippen molar-refractivity contribution < 1.29 is 4.79 Å². The van der Waals surface area contributed by atoms with Crippen molar-refractivity contribution in [2.45, 2.75) is 45.7 Å². The van der Waals surface area contributed by atoms with Crippen molar-refractivity contribution >= 4 is 36.5 Å². The molecule has 114 valence electrons. The van der Waals surface area contributed by atoms with Crippen LogP contribution in [0.3, 0.4) is 0 Å². The largest absolute Gasteiger partial charge is 0.310 e. The van der Waals surface area contributed by atoms with Crippen molar-refractivity contribution in [3.05, 3.63) is 23.9 Å². The fourth-order valence-corrected chi connectivity index (χ4v) is 2.51. The molecule has 1 aliphatic heterocycles. The van der Waals surface area contributed by atoms with Gasteiger partial charge in [-0.05, 0) is 51.3 Å². The number of nitrogens with one attached hydrogen (secondary N) is 1. The van der Waals surface area contributed by atoms with Gasteiger partial charge in [-0.25, -0.2) is 4.98 Å². The van der Waals surface area contributed by atoms with Gasteiger partial charge in [0, 0.05) is 18.3 Å². The number of carbonyl (C=O) groups excluding carboxylic acids is 1. The van der Waals surface area contributed by atoms with E-state index in [1.807, 2.05) is 19.1 Å². The minimum absolute atomic E-state index is 0. The van der Waals surface area contributed by atoms with Gasteiger partial charge in [-0.3, -0.25) is 9.69 Å². The summed E-state index contributed by atoms with van der Waals surface area (Å²) in [5.74, 6) is 0.660. The van der Waals surface area contributed by atoms with Crippen LogP contribution in [0.15, 0.2) is 18.3 Å². The normalized spacial score (nSPS) is 21.8. The van der Waals surface area contributed by atoms with Gasteiger partial charge in [0.1, 0.15) is 5.82 Å². The van der Waals surface area contributed by atoms with E-state index < -0.39 is 0 Å². The van der Waals surface area contributed by atoms with Crippen LogP contribution in [0, 0.1) is 6.92 Å². The van der Waals surface area contributed by atoms with E-state index in [0.717, 1.165) is 5.56 Å². The van der Waals surface area contributed by atoms with Crippen molar-refractivity contribution in [3.63, 3.8) is 0 Å². The number of carbonyl (C=O) groups is 1. The van der Waals surface area contributed by atoms with Gasteiger partial charge >= 0.3 is 0 Å². The SMILES string of the molecule is Cc1ccnc(NC(=O)CN2C(C)CCC2C)c1.Cl.Cl. The Labute approximate surface area is 133 Å². The van der Waals surface area contributed by atoms with Gasteiger partial charge in [-0.2, -0.15) is 0 Å². The summed E-state index contributed by atoms with van der Waals surface area (Å²) in [6.45, 7) is 6.81. The van der Waals surface area contributed by atoms with E-state index >= 15 is 0 Å². The lowest BCUT2D eigenvalue weighted by atomic mass is 10.2. The molecule has 1 aromatic heterocycles. The number of likely N-dealkylation sites (tertiary alicyclic amines) is 1. The van der Waals surface area contributed by atoms with Crippen LogP contribution in [-0.2, 0) is 4.79 Å². The van der Waals surface area contributed by atoms with Crippen LogP contribution < -0.4 is 5.32 Å². The lowest BCUT2D eigenvalue weighted by Crippen LogP contribution is -2.39. The van der Waals surface area contributed by atoms with E-state index in [0.29, 0.717) is 24.4 Å². The molecule has 1 saturated heterocycles. The zero-order valence-corrected chi connectivity index (χ0v) is 13.8. The highest BCUT2D eigenvalue weighted by molar-refractivity contribution is 5.91. The summed E-state index contributed by atoms with van der Waals surface area (Å²) in [5.41, 5.74) is 1.10. The molecule has 0 aliphatic carbocycles. The maximum absolute atomic E-state index is 12.0. The summed E-state index contributed by atoms with van der Waals surface area (Å²) in [6, 6.07) is 4.79.